The van der Waals surface area contributed by atoms with E-state index in [-0.39, 0.29) is 31.5 Å². The molecular formula is C29H38N2O5. The van der Waals surface area contributed by atoms with Crippen LogP contribution in [0.25, 0.3) is 0 Å². The maximum absolute atomic E-state index is 13.3. The summed E-state index contributed by atoms with van der Waals surface area (Å²) in [5.74, 6) is -1.01. The van der Waals surface area contributed by atoms with Gasteiger partial charge in [-0.25, -0.2) is 4.79 Å². The number of carbonyl (C=O) groups excluding carboxylic acids is 3. The predicted octanol–water partition coefficient (Wildman–Crippen LogP) is 4.16. The SMILES string of the molecule is CCOC(=O)C1(NC(=O)c2ccccc2)CC(C)(C)N(CCOC(=O)Cc2ccccc2)C(C)(C)C1. The maximum atomic E-state index is 13.3. The van der Waals surface area contributed by atoms with Gasteiger partial charge in [-0.05, 0) is 65.2 Å². The number of carbonyl (C=O) groups is 3. The summed E-state index contributed by atoms with van der Waals surface area (Å²) in [5.41, 5.74) is -0.774. The number of rotatable bonds is 9. The third-order valence-electron chi connectivity index (χ3n) is 6.75. The van der Waals surface area contributed by atoms with Crippen LogP contribution in [0, 0.1) is 0 Å². The fourth-order valence-corrected chi connectivity index (χ4v) is 5.65. The van der Waals surface area contributed by atoms with E-state index >= 15 is 0 Å². The van der Waals surface area contributed by atoms with Crippen molar-refractivity contribution in [3.63, 3.8) is 0 Å². The van der Waals surface area contributed by atoms with E-state index in [1.807, 2.05) is 64.1 Å². The predicted molar refractivity (Wildman–Crippen MR) is 138 cm³/mol. The molecule has 1 heterocycles. The molecule has 2 aromatic carbocycles. The third kappa shape index (κ3) is 6.52. The van der Waals surface area contributed by atoms with Crippen LogP contribution >= 0.6 is 0 Å². The first-order valence-corrected chi connectivity index (χ1v) is 12.5. The summed E-state index contributed by atoms with van der Waals surface area (Å²) in [7, 11) is 0. The van der Waals surface area contributed by atoms with Gasteiger partial charge in [0.25, 0.3) is 5.91 Å². The van der Waals surface area contributed by atoms with Gasteiger partial charge in [0.2, 0.25) is 0 Å². The molecule has 0 aliphatic carbocycles. The lowest BCUT2D eigenvalue weighted by atomic mass is 9.68. The van der Waals surface area contributed by atoms with Crippen molar-refractivity contribution in [2.45, 2.75) is 70.5 Å². The highest BCUT2D eigenvalue weighted by molar-refractivity contribution is 5.98. The number of nitrogens with zero attached hydrogens (tertiary/aromatic N) is 1. The first kappa shape index (κ1) is 27.4. The summed E-state index contributed by atoms with van der Waals surface area (Å²) in [4.78, 5) is 41.1. The van der Waals surface area contributed by atoms with E-state index in [2.05, 4.69) is 10.2 Å². The van der Waals surface area contributed by atoms with Crippen molar-refractivity contribution in [1.29, 1.82) is 0 Å². The van der Waals surface area contributed by atoms with E-state index in [1.165, 1.54) is 0 Å². The summed E-state index contributed by atoms with van der Waals surface area (Å²) in [6.45, 7) is 10.9. The molecule has 1 aliphatic heterocycles. The summed E-state index contributed by atoms with van der Waals surface area (Å²) in [5, 5.41) is 3.04. The minimum absolute atomic E-state index is 0.226. The van der Waals surface area contributed by atoms with Crippen LogP contribution in [0.4, 0.5) is 0 Å². The van der Waals surface area contributed by atoms with E-state index in [0.717, 1.165) is 5.56 Å². The zero-order chi connectivity index (χ0) is 26.4. The Morgan fingerprint density at radius 1 is 0.861 bits per heavy atom. The quantitative estimate of drug-likeness (QED) is 0.527. The van der Waals surface area contributed by atoms with Crippen molar-refractivity contribution >= 4 is 17.8 Å². The Kier molecular flexibility index (Phi) is 8.56. The summed E-state index contributed by atoms with van der Waals surface area (Å²) in [6.07, 6.45) is 0.947. The number of ether oxygens (including phenoxy) is 2. The molecule has 0 spiro atoms. The van der Waals surface area contributed by atoms with Gasteiger partial charge < -0.3 is 14.8 Å². The van der Waals surface area contributed by atoms with Crippen LogP contribution < -0.4 is 5.32 Å². The van der Waals surface area contributed by atoms with E-state index in [9.17, 15) is 14.4 Å². The standard InChI is InChI=1S/C29H38N2O5/c1-6-35-26(34)29(30-25(33)23-15-11-8-12-16-23)20-27(2,3)31(28(4,5)21-29)17-18-36-24(32)19-22-13-9-7-10-14-22/h7-16H,6,17-21H2,1-5H3,(H,30,33). The zero-order valence-electron chi connectivity index (χ0n) is 22.0. The van der Waals surface area contributed by atoms with Crippen molar-refractivity contribution in [1.82, 2.24) is 10.2 Å². The van der Waals surface area contributed by atoms with Crippen molar-refractivity contribution < 1.29 is 23.9 Å². The zero-order valence-corrected chi connectivity index (χ0v) is 22.0. The molecule has 0 aromatic heterocycles. The maximum Gasteiger partial charge on any atom is 0.331 e. The molecule has 0 bridgehead atoms. The monoisotopic (exact) mass is 494 g/mol. The second-order valence-electron chi connectivity index (χ2n) is 10.6. The molecule has 0 saturated carbocycles. The van der Waals surface area contributed by atoms with E-state index < -0.39 is 22.6 Å². The van der Waals surface area contributed by atoms with Crippen LogP contribution in [0.15, 0.2) is 60.7 Å². The minimum Gasteiger partial charge on any atom is -0.464 e. The average molecular weight is 495 g/mol. The highest BCUT2D eigenvalue weighted by Crippen LogP contribution is 2.44. The van der Waals surface area contributed by atoms with E-state index in [1.54, 1.807) is 31.2 Å². The smallest absolute Gasteiger partial charge is 0.331 e. The largest absolute Gasteiger partial charge is 0.464 e. The number of esters is 2. The van der Waals surface area contributed by atoms with Gasteiger partial charge in [0.1, 0.15) is 12.1 Å². The molecule has 2 aromatic rings. The van der Waals surface area contributed by atoms with Crippen molar-refractivity contribution in [3.05, 3.63) is 71.8 Å². The summed E-state index contributed by atoms with van der Waals surface area (Å²) in [6, 6.07) is 18.4. The Morgan fingerprint density at radius 2 is 1.42 bits per heavy atom. The Bertz CT molecular complexity index is 1030. The van der Waals surface area contributed by atoms with Crippen LogP contribution in [0.3, 0.4) is 0 Å². The molecule has 0 unspecified atom stereocenters. The molecule has 0 atom stereocenters. The third-order valence-corrected chi connectivity index (χ3v) is 6.75. The molecule has 194 valence electrons. The van der Waals surface area contributed by atoms with Gasteiger partial charge in [0.05, 0.1) is 13.0 Å². The number of piperidine rings is 1. The molecule has 1 fully saturated rings. The lowest BCUT2D eigenvalue weighted by Gasteiger charge is -2.58. The van der Waals surface area contributed by atoms with Crippen LogP contribution in [0.5, 0.6) is 0 Å². The van der Waals surface area contributed by atoms with Crippen LogP contribution in [0.1, 0.15) is 63.4 Å². The van der Waals surface area contributed by atoms with Crippen molar-refractivity contribution in [3.8, 4) is 0 Å². The van der Waals surface area contributed by atoms with Gasteiger partial charge in [-0.1, -0.05) is 48.5 Å². The number of hydrogen-bond donors (Lipinski definition) is 1. The van der Waals surface area contributed by atoms with Gasteiger partial charge in [-0.3, -0.25) is 14.5 Å². The molecule has 1 aliphatic rings. The number of nitrogens with one attached hydrogen (secondary N) is 1. The fourth-order valence-electron chi connectivity index (χ4n) is 5.65. The summed E-state index contributed by atoms with van der Waals surface area (Å²) < 4.78 is 11.0. The normalized spacial score (nSPS) is 18.1. The molecule has 1 N–H and O–H groups in total. The first-order valence-electron chi connectivity index (χ1n) is 12.5. The van der Waals surface area contributed by atoms with Crippen molar-refractivity contribution in [2.24, 2.45) is 0 Å². The van der Waals surface area contributed by atoms with Crippen LogP contribution in [-0.2, 0) is 25.5 Å². The highest BCUT2D eigenvalue weighted by atomic mass is 16.5. The lowest BCUT2D eigenvalue weighted by molar-refractivity contribution is -0.163. The molecule has 36 heavy (non-hydrogen) atoms. The average Bonchev–Trinajstić information content (AvgIpc) is 2.81. The van der Waals surface area contributed by atoms with E-state index in [4.69, 9.17) is 9.47 Å². The van der Waals surface area contributed by atoms with Crippen LogP contribution in [0.2, 0.25) is 0 Å². The number of amides is 1. The van der Waals surface area contributed by atoms with E-state index in [0.29, 0.717) is 24.9 Å². The lowest BCUT2D eigenvalue weighted by Crippen LogP contribution is -2.72. The van der Waals surface area contributed by atoms with Gasteiger partial charge in [0.15, 0.2) is 0 Å². The Labute approximate surface area is 214 Å². The first-order chi connectivity index (χ1) is 17.0. The molecule has 3 rings (SSSR count). The number of likely N-dealkylation sites (tertiary alicyclic amines) is 1. The Morgan fingerprint density at radius 3 is 1.97 bits per heavy atom. The molecule has 7 heteroatoms. The Hall–Kier alpha value is -3.19. The van der Waals surface area contributed by atoms with Crippen molar-refractivity contribution in [2.75, 3.05) is 19.8 Å². The molecular weight excluding hydrogens is 456 g/mol. The Balaban J connectivity index is 1.74. The second kappa shape index (κ2) is 11.2. The summed E-state index contributed by atoms with van der Waals surface area (Å²) >= 11 is 0. The topological polar surface area (TPSA) is 84.9 Å². The van der Waals surface area contributed by atoms with Gasteiger partial charge in [-0.2, -0.15) is 0 Å². The number of benzene rings is 2. The second-order valence-corrected chi connectivity index (χ2v) is 10.6. The van der Waals surface area contributed by atoms with Gasteiger partial charge in [-0.15, -0.1) is 0 Å². The highest BCUT2D eigenvalue weighted by Gasteiger charge is 2.57. The molecule has 1 saturated heterocycles. The van der Waals surface area contributed by atoms with Crippen LogP contribution in [-0.4, -0.2) is 59.1 Å². The molecule has 7 nitrogen and oxygen atoms in total. The number of hydrogen-bond acceptors (Lipinski definition) is 6. The molecule has 0 radical (unpaired) electrons. The van der Waals surface area contributed by atoms with Gasteiger partial charge in [0, 0.05) is 23.2 Å². The fraction of sp³-hybridized carbons (Fsp3) is 0.483. The van der Waals surface area contributed by atoms with Gasteiger partial charge >= 0.3 is 11.9 Å². The minimum atomic E-state index is -1.18. The molecule has 1 amide bonds.